The van der Waals surface area contributed by atoms with Gasteiger partial charge >= 0.3 is 0 Å². The predicted molar refractivity (Wildman–Crippen MR) is 128 cm³/mol. The Balaban J connectivity index is 1.17. The molecule has 1 saturated heterocycles. The van der Waals surface area contributed by atoms with E-state index < -0.39 is 0 Å². The third-order valence-corrected chi connectivity index (χ3v) is 6.03. The van der Waals surface area contributed by atoms with Crippen LogP contribution in [0.3, 0.4) is 0 Å². The number of rotatable bonds is 6. The standard InChI is InChI=1S/C27H28N4O2/c1-21-6-4-7-22(16-21)18-29-12-14-30(15-13-29)27(32)23-8-5-9-25(17-23)33-20-24-19-31-11-3-2-10-26(31)28-24/h2-11,16-17,19H,12-15,18,20H2,1H3. The summed E-state index contributed by atoms with van der Waals surface area (Å²) in [6, 6.07) is 22.0. The summed E-state index contributed by atoms with van der Waals surface area (Å²) >= 11 is 0. The van der Waals surface area contributed by atoms with Gasteiger partial charge in [0.05, 0.1) is 5.69 Å². The number of hydrogen-bond donors (Lipinski definition) is 0. The number of pyridine rings is 1. The summed E-state index contributed by atoms with van der Waals surface area (Å²) in [6.45, 7) is 6.63. The molecule has 0 bridgehead atoms. The van der Waals surface area contributed by atoms with Crippen LogP contribution in [-0.4, -0.2) is 51.3 Å². The smallest absolute Gasteiger partial charge is 0.254 e. The highest BCUT2D eigenvalue weighted by Crippen LogP contribution is 2.18. The minimum absolute atomic E-state index is 0.0587. The zero-order valence-corrected chi connectivity index (χ0v) is 18.9. The maximum atomic E-state index is 13.1. The quantitative estimate of drug-likeness (QED) is 0.451. The molecule has 0 radical (unpaired) electrons. The molecule has 3 heterocycles. The van der Waals surface area contributed by atoms with Crippen LogP contribution in [0, 0.1) is 6.92 Å². The summed E-state index contributed by atoms with van der Waals surface area (Å²) in [4.78, 5) is 22.0. The van der Waals surface area contributed by atoms with Crippen LogP contribution in [0.2, 0.25) is 0 Å². The molecule has 6 nitrogen and oxygen atoms in total. The lowest BCUT2D eigenvalue weighted by atomic mass is 10.1. The monoisotopic (exact) mass is 440 g/mol. The van der Waals surface area contributed by atoms with Crippen molar-refractivity contribution < 1.29 is 9.53 Å². The highest BCUT2D eigenvalue weighted by molar-refractivity contribution is 5.94. The van der Waals surface area contributed by atoms with Crippen LogP contribution in [0.15, 0.2) is 79.1 Å². The number of carbonyl (C=O) groups is 1. The molecule has 0 atom stereocenters. The molecule has 4 aromatic rings. The number of hydrogen-bond acceptors (Lipinski definition) is 4. The Morgan fingerprint density at radius 2 is 1.82 bits per heavy atom. The number of imidazole rings is 1. The van der Waals surface area contributed by atoms with Gasteiger partial charge in [-0.05, 0) is 42.8 Å². The molecule has 5 rings (SSSR count). The first-order valence-electron chi connectivity index (χ1n) is 11.4. The Labute approximate surface area is 194 Å². The fourth-order valence-corrected chi connectivity index (χ4v) is 4.29. The molecule has 2 aromatic carbocycles. The maximum Gasteiger partial charge on any atom is 0.254 e. The van der Waals surface area contributed by atoms with Gasteiger partial charge in [-0.3, -0.25) is 9.69 Å². The van der Waals surface area contributed by atoms with Gasteiger partial charge in [-0.1, -0.05) is 42.0 Å². The van der Waals surface area contributed by atoms with Crippen LogP contribution in [0.25, 0.3) is 5.65 Å². The van der Waals surface area contributed by atoms with Gasteiger partial charge in [-0.2, -0.15) is 0 Å². The van der Waals surface area contributed by atoms with Crippen LogP contribution in [-0.2, 0) is 13.2 Å². The summed E-state index contributed by atoms with van der Waals surface area (Å²) in [6.07, 6.45) is 3.92. The van der Waals surface area contributed by atoms with Crippen LogP contribution in [0.5, 0.6) is 5.75 Å². The Morgan fingerprint density at radius 1 is 0.970 bits per heavy atom. The minimum atomic E-state index is 0.0587. The molecular weight excluding hydrogens is 412 g/mol. The first-order chi connectivity index (χ1) is 16.1. The largest absolute Gasteiger partial charge is 0.487 e. The zero-order chi connectivity index (χ0) is 22.6. The molecule has 1 amide bonds. The maximum absolute atomic E-state index is 13.1. The SMILES string of the molecule is Cc1cccc(CN2CCN(C(=O)c3cccc(OCc4cn5ccccc5n4)c3)CC2)c1. The molecule has 168 valence electrons. The highest BCUT2D eigenvalue weighted by Gasteiger charge is 2.22. The number of piperazine rings is 1. The fraction of sp³-hybridized carbons (Fsp3) is 0.259. The van der Waals surface area contributed by atoms with Crippen LogP contribution >= 0.6 is 0 Å². The van der Waals surface area contributed by atoms with E-state index in [1.165, 1.54) is 11.1 Å². The molecule has 33 heavy (non-hydrogen) atoms. The Bertz CT molecular complexity index is 1220. The molecule has 0 N–H and O–H groups in total. The van der Waals surface area contributed by atoms with E-state index in [9.17, 15) is 4.79 Å². The molecule has 1 aliphatic heterocycles. The third-order valence-electron chi connectivity index (χ3n) is 6.03. The Kier molecular flexibility index (Phi) is 6.09. The molecule has 1 aliphatic rings. The van der Waals surface area contributed by atoms with Crippen LogP contribution in [0.4, 0.5) is 0 Å². The summed E-state index contributed by atoms with van der Waals surface area (Å²) in [5.41, 5.74) is 5.01. The number of carbonyl (C=O) groups excluding carboxylic acids is 1. The molecule has 0 saturated carbocycles. The van der Waals surface area contributed by atoms with E-state index >= 15 is 0 Å². The van der Waals surface area contributed by atoms with E-state index in [0.717, 1.165) is 44.1 Å². The molecule has 2 aromatic heterocycles. The fourth-order valence-electron chi connectivity index (χ4n) is 4.29. The van der Waals surface area contributed by atoms with Gasteiger partial charge in [0.1, 0.15) is 18.0 Å². The van der Waals surface area contributed by atoms with Gasteiger partial charge < -0.3 is 14.0 Å². The first-order valence-corrected chi connectivity index (χ1v) is 11.4. The number of benzene rings is 2. The lowest BCUT2D eigenvalue weighted by Crippen LogP contribution is -2.48. The average molecular weight is 441 g/mol. The average Bonchev–Trinajstić information content (AvgIpc) is 3.26. The number of ether oxygens (including phenoxy) is 1. The second-order valence-corrected chi connectivity index (χ2v) is 8.57. The Morgan fingerprint density at radius 3 is 2.64 bits per heavy atom. The number of aromatic nitrogens is 2. The van der Waals surface area contributed by atoms with Crippen molar-refractivity contribution in [2.45, 2.75) is 20.1 Å². The molecule has 6 heteroatoms. The first kappa shape index (κ1) is 21.2. The van der Waals surface area contributed by atoms with E-state index in [2.05, 4.69) is 41.1 Å². The van der Waals surface area contributed by atoms with Crippen molar-refractivity contribution in [2.75, 3.05) is 26.2 Å². The predicted octanol–water partition coefficient (Wildman–Crippen LogP) is 4.18. The normalized spacial score (nSPS) is 14.5. The number of aryl methyl sites for hydroxylation is 1. The number of fused-ring (bicyclic) bond motifs is 1. The Hall–Kier alpha value is -3.64. The van der Waals surface area contributed by atoms with Gasteiger partial charge in [-0.25, -0.2) is 4.98 Å². The van der Waals surface area contributed by atoms with Crippen LogP contribution < -0.4 is 4.74 Å². The summed E-state index contributed by atoms with van der Waals surface area (Å²) in [7, 11) is 0. The van der Waals surface area contributed by atoms with Gasteiger partial charge in [0.25, 0.3) is 5.91 Å². The van der Waals surface area contributed by atoms with Crippen molar-refractivity contribution in [3.63, 3.8) is 0 Å². The summed E-state index contributed by atoms with van der Waals surface area (Å²) in [5, 5.41) is 0. The van der Waals surface area contributed by atoms with E-state index in [-0.39, 0.29) is 5.91 Å². The summed E-state index contributed by atoms with van der Waals surface area (Å²) in [5.74, 6) is 0.736. The number of amides is 1. The molecule has 0 aliphatic carbocycles. The van der Waals surface area contributed by atoms with E-state index in [1.54, 1.807) is 0 Å². The third kappa shape index (κ3) is 5.07. The van der Waals surface area contributed by atoms with E-state index in [0.29, 0.717) is 17.9 Å². The lowest BCUT2D eigenvalue weighted by molar-refractivity contribution is 0.0628. The van der Waals surface area contributed by atoms with Gasteiger partial charge in [-0.15, -0.1) is 0 Å². The van der Waals surface area contributed by atoms with Crippen molar-refractivity contribution in [1.29, 1.82) is 0 Å². The second-order valence-electron chi connectivity index (χ2n) is 8.57. The van der Waals surface area contributed by atoms with Crippen molar-refractivity contribution in [3.8, 4) is 5.75 Å². The number of nitrogens with zero attached hydrogens (tertiary/aromatic N) is 4. The van der Waals surface area contributed by atoms with Gasteiger partial charge in [0.15, 0.2) is 0 Å². The van der Waals surface area contributed by atoms with Crippen LogP contribution in [0.1, 0.15) is 27.2 Å². The lowest BCUT2D eigenvalue weighted by Gasteiger charge is -2.35. The van der Waals surface area contributed by atoms with Gasteiger partial charge in [0.2, 0.25) is 0 Å². The van der Waals surface area contributed by atoms with Crippen molar-refractivity contribution in [2.24, 2.45) is 0 Å². The molecular formula is C27H28N4O2. The molecule has 0 spiro atoms. The topological polar surface area (TPSA) is 50.1 Å². The zero-order valence-electron chi connectivity index (χ0n) is 18.9. The van der Waals surface area contributed by atoms with Crippen molar-refractivity contribution >= 4 is 11.6 Å². The second kappa shape index (κ2) is 9.46. The molecule has 0 unspecified atom stereocenters. The van der Waals surface area contributed by atoms with E-state index in [1.807, 2.05) is 64.2 Å². The highest BCUT2D eigenvalue weighted by atomic mass is 16.5. The summed E-state index contributed by atoms with van der Waals surface area (Å²) < 4.78 is 7.91. The van der Waals surface area contributed by atoms with Gasteiger partial charge in [0, 0.05) is 50.7 Å². The van der Waals surface area contributed by atoms with E-state index in [4.69, 9.17) is 4.74 Å². The van der Waals surface area contributed by atoms with Crippen molar-refractivity contribution in [3.05, 3.63) is 102 Å². The van der Waals surface area contributed by atoms with Crippen molar-refractivity contribution in [1.82, 2.24) is 19.2 Å². The molecule has 1 fully saturated rings. The minimum Gasteiger partial charge on any atom is -0.487 e.